The van der Waals surface area contributed by atoms with Gasteiger partial charge in [0.1, 0.15) is 0 Å². The summed E-state index contributed by atoms with van der Waals surface area (Å²) in [4.78, 5) is 13.2. The average molecular weight is 309 g/mol. The van der Waals surface area contributed by atoms with E-state index in [1.54, 1.807) is 6.07 Å². The Morgan fingerprint density at radius 1 is 1.32 bits per heavy atom. The Bertz CT molecular complexity index is 560. The van der Waals surface area contributed by atoms with Crippen LogP contribution in [0.3, 0.4) is 0 Å². The van der Waals surface area contributed by atoms with Crippen molar-refractivity contribution in [2.45, 2.75) is 25.9 Å². The molecule has 7 heteroatoms. The summed E-state index contributed by atoms with van der Waals surface area (Å²) < 4.78 is 10.4. The molecule has 122 valence electrons. The zero-order chi connectivity index (χ0) is 16.3. The van der Waals surface area contributed by atoms with Gasteiger partial charge in [-0.15, -0.1) is 0 Å². The molecule has 0 atom stereocenters. The van der Waals surface area contributed by atoms with E-state index in [1.807, 2.05) is 0 Å². The van der Waals surface area contributed by atoms with Crippen LogP contribution in [0, 0.1) is 10.1 Å². The molecule has 0 bridgehead atoms. The van der Waals surface area contributed by atoms with E-state index in [-0.39, 0.29) is 16.1 Å². The van der Waals surface area contributed by atoms with Gasteiger partial charge in [0.2, 0.25) is 0 Å². The number of nitro groups is 1. The molecule has 7 nitrogen and oxygen atoms in total. The van der Waals surface area contributed by atoms with Crippen molar-refractivity contribution in [2.75, 3.05) is 33.9 Å². The highest BCUT2D eigenvalue weighted by atomic mass is 16.6. The molecule has 0 aromatic heterocycles. The second-order valence-electron chi connectivity index (χ2n) is 6.11. The minimum absolute atomic E-state index is 0.00356. The summed E-state index contributed by atoms with van der Waals surface area (Å²) in [5.41, 5.74) is 0.707. The van der Waals surface area contributed by atoms with Gasteiger partial charge in [-0.2, -0.15) is 0 Å². The molecular weight excluding hydrogens is 286 g/mol. The van der Waals surface area contributed by atoms with E-state index in [0.29, 0.717) is 23.6 Å². The maximum Gasteiger partial charge on any atom is 0.277 e. The van der Waals surface area contributed by atoms with E-state index in [0.717, 1.165) is 19.6 Å². The van der Waals surface area contributed by atoms with Crippen molar-refractivity contribution in [1.29, 1.82) is 0 Å². The number of hydrogen-bond acceptors (Lipinski definition) is 6. The van der Waals surface area contributed by atoms with Gasteiger partial charge in [0, 0.05) is 37.3 Å². The van der Waals surface area contributed by atoms with Gasteiger partial charge in [0.05, 0.1) is 25.2 Å². The highest BCUT2D eigenvalue weighted by molar-refractivity contribution is 5.54. The average Bonchev–Trinajstić information content (AvgIpc) is 2.45. The fourth-order valence-electron chi connectivity index (χ4n) is 2.83. The first-order chi connectivity index (χ1) is 10.4. The van der Waals surface area contributed by atoms with Crippen molar-refractivity contribution in [1.82, 2.24) is 10.2 Å². The Morgan fingerprint density at radius 2 is 1.95 bits per heavy atom. The molecule has 0 unspecified atom stereocenters. The van der Waals surface area contributed by atoms with Crippen LogP contribution in [0.1, 0.15) is 19.4 Å². The Hall–Kier alpha value is -1.86. The Kier molecular flexibility index (Phi) is 4.87. The molecular formula is C15H23N3O4. The highest BCUT2D eigenvalue weighted by Crippen LogP contribution is 2.35. The zero-order valence-electron chi connectivity index (χ0n) is 13.5. The van der Waals surface area contributed by atoms with Crippen LogP contribution in [0.4, 0.5) is 5.69 Å². The lowest BCUT2D eigenvalue weighted by Crippen LogP contribution is -2.56. The maximum absolute atomic E-state index is 11.3. The Labute approximate surface area is 130 Å². The largest absolute Gasteiger partial charge is 0.493 e. The first-order valence-electron chi connectivity index (χ1n) is 7.23. The molecule has 1 N–H and O–H groups in total. The van der Waals surface area contributed by atoms with Gasteiger partial charge in [0.25, 0.3) is 5.69 Å². The van der Waals surface area contributed by atoms with Crippen molar-refractivity contribution in [3.63, 3.8) is 0 Å². The highest BCUT2D eigenvalue weighted by Gasteiger charge is 2.28. The first-order valence-corrected chi connectivity index (χ1v) is 7.23. The summed E-state index contributed by atoms with van der Waals surface area (Å²) in [6, 6.07) is 3.13. The lowest BCUT2D eigenvalue weighted by atomic mass is 10.0. The summed E-state index contributed by atoms with van der Waals surface area (Å²) >= 11 is 0. The second kappa shape index (κ2) is 6.50. The predicted octanol–water partition coefficient (Wildman–Crippen LogP) is 1.80. The predicted molar refractivity (Wildman–Crippen MR) is 83.6 cm³/mol. The van der Waals surface area contributed by atoms with Gasteiger partial charge >= 0.3 is 0 Å². The summed E-state index contributed by atoms with van der Waals surface area (Å²) in [6.07, 6.45) is 0. The molecule has 2 rings (SSSR count). The molecule has 1 aromatic rings. The van der Waals surface area contributed by atoms with E-state index >= 15 is 0 Å². The van der Waals surface area contributed by atoms with Crippen LogP contribution < -0.4 is 14.8 Å². The molecule has 0 aliphatic carbocycles. The Balaban J connectivity index is 2.30. The minimum atomic E-state index is -0.370. The number of ether oxygens (including phenoxy) is 2. The third-order valence-electron chi connectivity index (χ3n) is 3.83. The van der Waals surface area contributed by atoms with Crippen molar-refractivity contribution in [3.05, 3.63) is 27.8 Å². The first kappa shape index (κ1) is 16.5. The standard InChI is InChI=1S/C15H23N3O4/c1-15(2)10-17(6-5-16-15)9-11-7-13(21-3)14(22-4)8-12(11)18(19)20/h7-8,16H,5-6,9-10H2,1-4H3. The van der Waals surface area contributed by atoms with Crippen molar-refractivity contribution >= 4 is 5.69 Å². The minimum Gasteiger partial charge on any atom is -0.493 e. The summed E-state index contributed by atoms with van der Waals surface area (Å²) in [6.45, 7) is 7.33. The zero-order valence-corrected chi connectivity index (χ0v) is 13.5. The summed E-state index contributed by atoms with van der Waals surface area (Å²) in [5.74, 6) is 0.885. The molecule has 1 aromatic carbocycles. The molecule has 0 saturated carbocycles. The van der Waals surface area contributed by atoms with Crippen LogP contribution >= 0.6 is 0 Å². The van der Waals surface area contributed by atoms with Crippen LogP contribution in [0.15, 0.2) is 12.1 Å². The van der Waals surface area contributed by atoms with Crippen LogP contribution in [-0.4, -0.2) is 49.2 Å². The molecule has 1 heterocycles. The number of nitrogens with zero attached hydrogens (tertiary/aromatic N) is 2. The van der Waals surface area contributed by atoms with Gasteiger partial charge in [-0.3, -0.25) is 15.0 Å². The number of benzene rings is 1. The van der Waals surface area contributed by atoms with E-state index in [1.165, 1.54) is 20.3 Å². The van der Waals surface area contributed by atoms with Crippen molar-refractivity contribution in [3.8, 4) is 11.5 Å². The van der Waals surface area contributed by atoms with E-state index in [4.69, 9.17) is 9.47 Å². The molecule has 0 radical (unpaired) electrons. The molecule has 1 fully saturated rings. The Morgan fingerprint density at radius 3 is 2.50 bits per heavy atom. The topological polar surface area (TPSA) is 76.9 Å². The van der Waals surface area contributed by atoms with Gasteiger partial charge in [0.15, 0.2) is 11.5 Å². The molecule has 1 aliphatic rings. The third kappa shape index (κ3) is 3.66. The van der Waals surface area contributed by atoms with Gasteiger partial charge < -0.3 is 14.8 Å². The summed E-state index contributed by atoms with van der Waals surface area (Å²) in [5, 5.41) is 14.8. The normalized spacial score (nSPS) is 18.0. The van der Waals surface area contributed by atoms with Crippen molar-refractivity contribution < 1.29 is 14.4 Å². The molecule has 0 amide bonds. The lowest BCUT2D eigenvalue weighted by Gasteiger charge is -2.39. The molecule has 22 heavy (non-hydrogen) atoms. The van der Waals surface area contributed by atoms with Crippen LogP contribution in [0.5, 0.6) is 11.5 Å². The summed E-state index contributed by atoms with van der Waals surface area (Å²) in [7, 11) is 3.00. The van der Waals surface area contributed by atoms with Gasteiger partial charge in [-0.1, -0.05) is 0 Å². The molecule has 0 spiro atoms. The van der Waals surface area contributed by atoms with Crippen LogP contribution in [0.2, 0.25) is 0 Å². The monoisotopic (exact) mass is 309 g/mol. The van der Waals surface area contributed by atoms with Crippen LogP contribution in [-0.2, 0) is 6.54 Å². The number of piperazine rings is 1. The SMILES string of the molecule is COc1cc(CN2CCNC(C)(C)C2)c([N+](=O)[O-])cc1OC. The number of hydrogen-bond donors (Lipinski definition) is 1. The fourth-order valence-corrected chi connectivity index (χ4v) is 2.83. The molecule has 1 aliphatic heterocycles. The number of nitro benzene ring substituents is 1. The van der Waals surface area contributed by atoms with E-state index in [2.05, 4.69) is 24.1 Å². The van der Waals surface area contributed by atoms with Crippen LogP contribution in [0.25, 0.3) is 0 Å². The molecule has 1 saturated heterocycles. The van der Waals surface area contributed by atoms with E-state index < -0.39 is 0 Å². The quantitative estimate of drug-likeness (QED) is 0.660. The second-order valence-corrected chi connectivity index (χ2v) is 6.11. The smallest absolute Gasteiger partial charge is 0.277 e. The number of nitrogens with one attached hydrogen (secondary N) is 1. The third-order valence-corrected chi connectivity index (χ3v) is 3.83. The maximum atomic E-state index is 11.3. The van der Waals surface area contributed by atoms with Crippen molar-refractivity contribution in [2.24, 2.45) is 0 Å². The van der Waals surface area contributed by atoms with Gasteiger partial charge in [-0.25, -0.2) is 0 Å². The number of rotatable bonds is 5. The lowest BCUT2D eigenvalue weighted by molar-refractivity contribution is -0.385. The fraction of sp³-hybridized carbons (Fsp3) is 0.600. The van der Waals surface area contributed by atoms with E-state index in [9.17, 15) is 10.1 Å². The number of methoxy groups -OCH3 is 2. The van der Waals surface area contributed by atoms with Gasteiger partial charge in [-0.05, 0) is 19.9 Å².